The lowest BCUT2D eigenvalue weighted by Gasteiger charge is -2.23. The average molecular weight is 571 g/mol. The normalized spacial score (nSPS) is 11.2. The van der Waals surface area contributed by atoms with Gasteiger partial charge in [-0.15, -0.1) is 0 Å². The second-order valence-electron chi connectivity index (χ2n) is 8.51. The van der Waals surface area contributed by atoms with Crippen LogP contribution in [0.3, 0.4) is 0 Å². The number of methoxy groups -OCH3 is 1. The molecule has 0 bridgehead atoms. The largest absolute Gasteiger partial charge is 1.00 e. The number of aromatic nitrogens is 1. The third-order valence-corrected chi connectivity index (χ3v) is 5.43. The summed E-state index contributed by atoms with van der Waals surface area (Å²) in [5, 5.41) is 1.36. The fraction of sp³-hybridized carbons (Fsp3) is 0.333. The Hall–Kier alpha value is -2.10. The average Bonchev–Trinajstić information content (AvgIpc) is 2.98. The fourth-order valence-corrected chi connectivity index (χ4v) is 3.55. The summed E-state index contributed by atoms with van der Waals surface area (Å²) < 4.78 is 13.2. The van der Waals surface area contributed by atoms with Gasteiger partial charge in [-0.2, -0.15) is 0 Å². The highest BCUT2D eigenvalue weighted by Crippen LogP contribution is 2.31. The Labute approximate surface area is 210 Å². The second kappa shape index (κ2) is 10.7. The summed E-state index contributed by atoms with van der Waals surface area (Å²) >= 11 is 5.97. The molecule has 0 unspecified atom stereocenters. The van der Waals surface area contributed by atoms with Gasteiger partial charge in [0.15, 0.2) is 0 Å². The summed E-state index contributed by atoms with van der Waals surface area (Å²) in [7, 11) is 7.71. The van der Waals surface area contributed by atoms with E-state index in [-0.39, 0.29) is 42.3 Å². The lowest BCUT2D eigenvalue weighted by atomic mass is 10.1. The molecular weight excluding hydrogens is 543 g/mol. The lowest BCUT2D eigenvalue weighted by molar-refractivity contribution is -0.870. The highest BCUT2D eigenvalue weighted by atomic mass is 127. The van der Waals surface area contributed by atoms with Crippen LogP contribution in [0.2, 0.25) is 5.02 Å². The maximum Gasteiger partial charge on any atom is 0.310 e. The zero-order valence-corrected chi connectivity index (χ0v) is 21.9. The van der Waals surface area contributed by atoms with Crippen molar-refractivity contribution in [3.63, 3.8) is 0 Å². The standard InChI is InChI=1S/C24H28ClN2O4.HI/c1-16-20(15-23(28)31-13-12-27(2,3)4)21-14-19(30-5)10-11-22(21)26(16)24(29)17-6-8-18(25)9-7-17;/h6-11,14H,12-13,15H2,1-5H3;1H/q+1;/p-1. The van der Waals surface area contributed by atoms with Gasteiger partial charge < -0.3 is 37.9 Å². The third-order valence-electron chi connectivity index (χ3n) is 5.18. The number of hydrogen-bond donors (Lipinski definition) is 0. The molecule has 2 aromatic carbocycles. The maximum atomic E-state index is 13.3. The van der Waals surface area contributed by atoms with Gasteiger partial charge in [0.05, 0.1) is 40.2 Å². The molecule has 0 radical (unpaired) electrons. The monoisotopic (exact) mass is 570 g/mol. The van der Waals surface area contributed by atoms with Gasteiger partial charge >= 0.3 is 5.97 Å². The van der Waals surface area contributed by atoms with Crippen molar-refractivity contribution < 1.29 is 47.5 Å². The molecule has 0 saturated carbocycles. The molecule has 0 aliphatic heterocycles. The van der Waals surface area contributed by atoms with Crippen molar-refractivity contribution >= 4 is 34.4 Å². The first kappa shape index (κ1) is 26.2. The van der Waals surface area contributed by atoms with E-state index >= 15 is 0 Å². The molecule has 6 nitrogen and oxygen atoms in total. The van der Waals surface area contributed by atoms with Crippen LogP contribution in [0.25, 0.3) is 10.9 Å². The Bertz CT molecular complexity index is 1120. The number of benzene rings is 2. The van der Waals surface area contributed by atoms with Gasteiger partial charge in [-0.3, -0.25) is 14.2 Å². The van der Waals surface area contributed by atoms with E-state index in [4.69, 9.17) is 21.1 Å². The van der Waals surface area contributed by atoms with E-state index in [1.165, 1.54) is 0 Å². The van der Waals surface area contributed by atoms with E-state index in [9.17, 15) is 9.59 Å². The summed E-state index contributed by atoms with van der Waals surface area (Å²) in [4.78, 5) is 25.9. The van der Waals surface area contributed by atoms with Gasteiger partial charge in [0, 0.05) is 21.7 Å². The van der Waals surface area contributed by atoms with Crippen molar-refractivity contribution in [1.82, 2.24) is 4.57 Å². The second-order valence-corrected chi connectivity index (χ2v) is 8.94. The predicted molar refractivity (Wildman–Crippen MR) is 122 cm³/mol. The number of ether oxygens (including phenoxy) is 2. The number of likely N-dealkylation sites (N-methyl/N-ethyl adjacent to an activating group) is 1. The predicted octanol–water partition coefficient (Wildman–Crippen LogP) is 1.10. The lowest BCUT2D eigenvalue weighted by Crippen LogP contribution is -3.00. The van der Waals surface area contributed by atoms with Gasteiger partial charge in [-0.25, -0.2) is 0 Å². The van der Waals surface area contributed by atoms with E-state index in [0.29, 0.717) is 38.6 Å². The maximum absolute atomic E-state index is 13.3. The molecule has 0 atom stereocenters. The summed E-state index contributed by atoms with van der Waals surface area (Å²) in [6.07, 6.45) is 0.0769. The van der Waals surface area contributed by atoms with Crippen molar-refractivity contribution in [1.29, 1.82) is 0 Å². The molecule has 0 aliphatic carbocycles. The first-order valence-corrected chi connectivity index (χ1v) is 10.4. The van der Waals surface area contributed by atoms with Gasteiger partial charge in [0.1, 0.15) is 18.9 Å². The number of quaternary nitrogens is 1. The van der Waals surface area contributed by atoms with Crippen LogP contribution in [0.1, 0.15) is 21.6 Å². The van der Waals surface area contributed by atoms with Crippen LogP contribution in [-0.4, -0.2) is 62.3 Å². The number of halogens is 2. The van der Waals surface area contributed by atoms with Gasteiger partial charge in [-0.1, -0.05) is 11.6 Å². The van der Waals surface area contributed by atoms with Gasteiger partial charge in [-0.05, 0) is 55.0 Å². The first-order valence-electron chi connectivity index (χ1n) is 10.0. The minimum absolute atomic E-state index is 0. The van der Waals surface area contributed by atoms with Crippen LogP contribution in [0.15, 0.2) is 42.5 Å². The number of rotatable bonds is 7. The minimum Gasteiger partial charge on any atom is -1.00 e. The summed E-state index contributed by atoms with van der Waals surface area (Å²) in [6.45, 7) is 2.90. The SMILES string of the molecule is COc1ccc2c(c1)c(CC(=O)OCC[N+](C)(C)C)c(C)n2C(=O)c1ccc(Cl)cc1.[I-]. The highest BCUT2D eigenvalue weighted by Gasteiger charge is 2.22. The number of esters is 1. The zero-order chi connectivity index (χ0) is 22.8. The van der Waals surface area contributed by atoms with Gasteiger partial charge in [0.25, 0.3) is 5.91 Å². The molecule has 3 rings (SSSR count). The number of hydrogen-bond acceptors (Lipinski definition) is 4. The number of nitrogens with zero attached hydrogens (tertiary/aromatic N) is 2. The minimum atomic E-state index is -0.322. The molecular formula is C24H28ClIN2O4. The van der Waals surface area contributed by atoms with Crippen LogP contribution >= 0.6 is 11.6 Å². The summed E-state index contributed by atoms with van der Waals surface area (Å²) in [5.74, 6) is 0.148. The van der Waals surface area contributed by atoms with E-state index in [1.807, 2.05) is 40.2 Å². The van der Waals surface area contributed by atoms with Crippen LogP contribution in [0.4, 0.5) is 0 Å². The summed E-state index contributed by atoms with van der Waals surface area (Å²) in [5.41, 5.74) is 2.68. The molecule has 1 aromatic heterocycles. The smallest absolute Gasteiger partial charge is 0.310 e. The van der Waals surface area contributed by atoms with Crippen molar-refractivity contribution in [2.75, 3.05) is 41.4 Å². The molecule has 8 heteroatoms. The first-order chi connectivity index (χ1) is 14.6. The molecule has 0 N–H and O–H groups in total. The Morgan fingerprint density at radius 3 is 2.31 bits per heavy atom. The topological polar surface area (TPSA) is 57.5 Å². The molecule has 0 spiro atoms. The third kappa shape index (κ3) is 6.02. The van der Waals surface area contributed by atoms with Gasteiger partial charge in [0.2, 0.25) is 0 Å². The van der Waals surface area contributed by atoms with Crippen molar-refractivity contribution in [3.8, 4) is 5.75 Å². The fourth-order valence-electron chi connectivity index (χ4n) is 3.42. The number of carbonyl (C=O) groups excluding carboxylic acids is 2. The molecule has 32 heavy (non-hydrogen) atoms. The molecule has 0 saturated heterocycles. The zero-order valence-electron chi connectivity index (χ0n) is 18.9. The quantitative estimate of drug-likeness (QED) is 0.243. The van der Waals surface area contributed by atoms with Crippen LogP contribution in [0.5, 0.6) is 5.75 Å². The summed E-state index contributed by atoms with van der Waals surface area (Å²) in [6, 6.07) is 12.2. The molecule has 1 heterocycles. The van der Waals surface area contributed by atoms with E-state index in [2.05, 4.69) is 0 Å². The highest BCUT2D eigenvalue weighted by molar-refractivity contribution is 6.30. The van der Waals surface area contributed by atoms with Crippen LogP contribution in [-0.2, 0) is 16.0 Å². The van der Waals surface area contributed by atoms with E-state index in [1.54, 1.807) is 42.0 Å². The van der Waals surface area contributed by atoms with E-state index < -0.39 is 0 Å². The van der Waals surface area contributed by atoms with Crippen LogP contribution < -0.4 is 28.7 Å². The molecule has 0 amide bonds. The van der Waals surface area contributed by atoms with Crippen molar-refractivity contribution in [2.24, 2.45) is 0 Å². The molecule has 3 aromatic rings. The van der Waals surface area contributed by atoms with Crippen molar-refractivity contribution in [2.45, 2.75) is 13.3 Å². The van der Waals surface area contributed by atoms with Crippen molar-refractivity contribution in [3.05, 3.63) is 64.3 Å². The Kier molecular flexibility index (Phi) is 8.73. The molecule has 0 fully saturated rings. The molecule has 0 aliphatic rings. The Morgan fingerprint density at radius 2 is 1.72 bits per heavy atom. The van der Waals surface area contributed by atoms with Crippen LogP contribution in [0, 0.1) is 6.92 Å². The molecule has 172 valence electrons. The number of carbonyl (C=O) groups is 2. The Morgan fingerprint density at radius 1 is 1.06 bits per heavy atom. The van der Waals surface area contributed by atoms with E-state index in [0.717, 1.165) is 17.5 Å². The number of fused-ring (bicyclic) bond motifs is 1. The Balaban J connectivity index is 0.00000363.